The number of hydrogen-bond acceptors (Lipinski definition) is 2. The summed E-state index contributed by atoms with van der Waals surface area (Å²) in [5, 5.41) is 11.8. The monoisotopic (exact) mass is 498 g/mol. The van der Waals surface area contributed by atoms with Crippen LogP contribution >= 0.6 is 0 Å². The fraction of sp³-hybridized carbons (Fsp3) is 0.400. The van der Waals surface area contributed by atoms with Gasteiger partial charge in [-0.2, -0.15) is 13.2 Å². The molecule has 1 N–H and O–H groups in total. The van der Waals surface area contributed by atoms with E-state index in [9.17, 15) is 22.7 Å². The summed E-state index contributed by atoms with van der Waals surface area (Å²) in [4.78, 5) is 0. The van der Waals surface area contributed by atoms with Crippen LogP contribution < -0.4 is 0 Å². The van der Waals surface area contributed by atoms with Gasteiger partial charge in [-0.05, 0) is 71.9 Å². The Bertz CT molecular complexity index is 1190. The Labute approximate surface area is 208 Å². The molecule has 3 aromatic carbocycles. The van der Waals surface area contributed by atoms with E-state index in [0.29, 0.717) is 13.0 Å². The highest BCUT2D eigenvalue weighted by Crippen LogP contribution is 2.62. The summed E-state index contributed by atoms with van der Waals surface area (Å²) in [6, 6.07) is 21.8. The average molecular weight is 499 g/mol. The maximum Gasteiger partial charge on any atom is 0.416 e. The molecule has 0 aromatic heterocycles. The molecule has 3 aromatic rings. The van der Waals surface area contributed by atoms with E-state index < -0.39 is 22.8 Å². The fourth-order valence-corrected chi connectivity index (χ4v) is 6.93. The van der Waals surface area contributed by atoms with Crippen LogP contribution in [0.25, 0.3) is 0 Å². The third-order valence-electron chi connectivity index (χ3n) is 8.36. The lowest BCUT2D eigenvalue weighted by Crippen LogP contribution is -2.50. The summed E-state index contributed by atoms with van der Waals surface area (Å²) in [5.41, 5.74) is -1.13. The molecule has 2 nitrogen and oxygen atoms in total. The largest absolute Gasteiger partial charge is 0.416 e. The Morgan fingerprint density at radius 3 is 2.28 bits per heavy atom. The van der Waals surface area contributed by atoms with Crippen LogP contribution in [0.1, 0.15) is 60.3 Å². The zero-order valence-electron chi connectivity index (χ0n) is 20.1. The van der Waals surface area contributed by atoms with Crippen molar-refractivity contribution in [3.63, 3.8) is 0 Å². The van der Waals surface area contributed by atoms with Crippen LogP contribution in [0, 0.1) is 17.2 Å². The molecule has 5 atom stereocenters. The molecule has 2 fully saturated rings. The van der Waals surface area contributed by atoms with Gasteiger partial charge in [-0.3, -0.25) is 0 Å². The minimum absolute atomic E-state index is 0.0183. The van der Waals surface area contributed by atoms with Gasteiger partial charge < -0.3 is 9.84 Å². The van der Waals surface area contributed by atoms with Crippen molar-refractivity contribution in [1.82, 2.24) is 0 Å². The first-order valence-corrected chi connectivity index (χ1v) is 12.4. The Balaban J connectivity index is 1.58. The Kier molecular flexibility index (Phi) is 6.46. The van der Waals surface area contributed by atoms with E-state index in [1.807, 2.05) is 18.2 Å². The number of aliphatic hydroxyl groups is 1. The van der Waals surface area contributed by atoms with Gasteiger partial charge in [0.1, 0.15) is 11.4 Å². The second kappa shape index (κ2) is 9.31. The Morgan fingerprint density at radius 1 is 0.917 bits per heavy atom. The van der Waals surface area contributed by atoms with Gasteiger partial charge in [0, 0.05) is 5.41 Å². The lowest BCUT2D eigenvalue weighted by Gasteiger charge is -2.49. The molecule has 0 amide bonds. The molecule has 0 radical (unpaired) electrons. The molecule has 1 aliphatic heterocycles. The summed E-state index contributed by atoms with van der Waals surface area (Å²) >= 11 is 0. The van der Waals surface area contributed by atoms with Gasteiger partial charge in [-0.15, -0.1) is 0 Å². The number of ether oxygens (including phenoxy) is 1. The quantitative estimate of drug-likeness (QED) is 0.379. The number of alkyl halides is 3. The molecule has 190 valence electrons. The third-order valence-corrected chi connectivity index (χ3v) is 8.36. The first-order valence-electron chi connectivity index (χ1n) is 12.4. The van der Waals surface area contributed by atoms with Crippen molar-refractivity contribution in [2.24, 2.45) is 11.3 Å². The van der Waals surface area contributed by atoms with Gasteiger partial charge >= 0.3 is 6.18 Å². The summed E-state index contributed by atoms with van der Waals surface area (Å²) in [7, 11) is 0. The minimum Gasteiger partial charge on any atom is -0.383 e. The van der Waals surface area contributed by atoms with Gasteiger partial charge in [0.25, 0.3) is 0 Å². The van der Waals surface area contributed by atoms with Crippen LogP contribution in [0.5, 0.6) is 0 Å². The fourth-order valence-electron chi connectivity index (χ4n) is 6.93. The molecule has 1 saturated carbocycles. The van der Waals surface area contributed by atoms with Crippen LogP contribution in [0.3, 0.4) is 0 Å². The molecule has 1 saturated heterocycles. The number of hydrogen-bond donors (Lipinski definition) is 1. The molecular weight excluding hydrogens is 468 g/mol. The lowest BCUT2D eigenvalue weighted by molar-refractivity contribution is -0.170. The zero-order valence-corrected chi connectivity index (χ0v) is 20.1. The highest BCUT2D eigenvalue weighted by Gasteiger charge is 2.57. The van der Waals surface area contributed by atoms with Crippen LogP contribution in [0.15, 0.2) is 78.9 Å². The van der Waals surface area contributed by atoms with Crippen molar-refractivity contribution < 1.29 is 27.4 Å². The van der Waals surface area contributed by atoms with Crippen molar-refractivity contribution in [1.29, 1.82) is 0 Å². The van der Waals surface area contributed by atoms with Gasteiger partial charge in [0.2, 0.25) is 0 Å². The smallest absolute Gasteiger partial charge is 0.383 e. The molecule has 2 aliphatic rings. The lowest BCUT2D eigenvalue weighted by atomic mass is 9.61. The molecular formula is C30H30F4O2. The predicted molar refractivity (Wildman–Crippen MR) is 130 cm³/mol. The van der Waals surface area contributed by atoms with E-state index in [2.05, 4.69) is 19.1 Å². The van der Waals surface area contributed by atoms with E-state index in [0.717, 1.165) is 23.6 Å². The van der Waals surface area contributed by atoms with Crippen molar-refractivity contribution in [3.05, 3.63) is 107 Å². The maximum atomic E-state index is 13.9. The maximum absolute atomic E-state index is 13.9. The number of benzene rings is 3. The van der Waals surface area contributed by atoms with E-state index in [4.69, 9.17) is 4.74 Å². The topological polar surface area (TPSA) is 29.5 Å². The summed E-state index contributed by atoms with van der Waals surface area (Å²) in [6.07, 6.45) is -2.92. The molecule has 6 heteroatoms. The first kappa shape index (κ1) is 25.0. The van der Waals surface area contributed by atoms with Crippen molar-refractivity contribution in [2.75, 3.05) is 13.2 Å². The zero-order chi connectivity index (χ0) is 25.6. The summed E-state index contributed by atoms with van der Waals surface area (Å²) in [5.74, 6) is -0.217. The second-order valence-electron chi connectivity index (χ2n) is 10.5. The molecule has 1 spiro atoms. The van der Waals surface area contributed by atoms with Gasteiger partial charge in [-0.25, -0.2) is 4.39 Å². The average Bonchev–Trinajstić information content (AvgIpc) is 3.21. The summed E-state index contributed by atoms with van der Waals surface area (Å²) < 4.78 is 61.4. The van der Waals surface area contributed by atoms with Crippen LogP contribution in [0.2, 0.25) is 0 Å². The Morgan fingerprint density at radius 2 is 1.58 bits per heavy atom. The van der Waals surface area contributed by atoms with Crippen molar-refractivity contribution in [2.45, 2.75) is 49.8 Å². The summed E-state index contributed by atoms with van der Waals surface area (Å²) in [6.45, 7) is 2.32. The SMILES string of the molecule is C[C@@H](c1ccccc1)C1C(c2ccc(F)cc2)CCC12COCC(O)(c1ccccc1C(F)(F)F)C2. The number of halogens is 4. The van der Waals surface area contributed by atoms with Crippen LogP contribution in [-0.4, -0.2) is 18.3 Å². The van der Waals surface area contributed by atoms with Crippen LogP contribution in [0.4, 0.5) is 17.6 Å². The third kappa shape index (κ3) is 4.46. The van der Waals surface area contributed by atoms with Crippen LogP contribution in [-0.2, 0) is 16.5 Å². The molecule has 0 bridgehead atoms. The molecule has 36 heavy (non-hydrogen) atoms. The molecule has 1 heterocycles. The van der Waals surface area contributed by atoms with Gasteiger partial charge in [0.05, 0.1) is 18.8 Å². The molecule has 5 rings (SSSR count). The first-order chi connectivity index (χ1) is 17.1. The van der Waals surface area contributed by atoms with E-state index in [1.165, 1.54) is 30.3 Å². The minimum atomic E-state index is -4.58. The number of rotatable bonds is 4. The normalized spacial score (nSPS) is 29.4. The van der Waals surface area contributed by atoms with E-state index >= 15 is 0 Å². The van der Waals surface area contributed by atoms with Crippen molar-refractivity contribution >= 4 is 0 Å². The van der Waals surface area contributed by atoms with Gasteiger partial charge in [0.15, 0.2) is 0 Å². The predicted octanol–water partition coefficient (Wildman–Crippen LogP) is 7.44. The van der Waals surface area contributed by atoms with Crippen molar-refractivity contribution in [3.8, 4) is 0 Å². The second-order valence-corrected chi connectivity index (χ2v) is 10.5. The van der Waals surface area contributed by atoms with E-state index in [1.54, 1.807) is 12.1 Å². The Hall–Kier alpha value is -2.70. The standard InChI is InChI=1S/C30H30F4O2/c1-20(21-7-3-2-4-8-21)27-24(22-11-13-23(31)14-12-22)15-16-28(27)17-29(35,19-36-18-28)25-9-5-6-10-26(25)30(32,33)34/h2-14,20,24,27,35H,15-19H2,1H3/t20-,24?,27?,28?,29?/m0/s1. The highest BCUT2D eigenvalue weighted by atomic mass is 19.4. The van der Waals surface area contributed by atoms with E-state index in [-0.39, 0.29) is 42.2 Å². The molecule has 1 aliphatic carbocycles. The van der Waals surface area contributed by atoms with Gasteiger partial charge in [-0.1, -0.05) is 67.6 Å². The molecule has 4 unspecified atom stereocenters. The highest BCUT2D eigenvalue weighted by molar-refractivity contribution is 5.37.